The number of ketones is 1. The number of ether oxygens (including phenoxy) is 1. The summed E-state index contributed by atoms with van der Waals surface area (Å²) in [5, 5.41) is 8.23. The van der Waals surface area contributed by atoms with Crippen molar-refractivity contribution in [3.63, 3.8) is 0 Å². The van der Waals surface area contributed by atoms with E-state index in [1.807, 2.05) is 0 Å². The first-order chi connectivity index (χ1) is 6.11. The van der Waals surface area contributed by atoms with Crippen molar-refractivity contribution in [1.82, 2.24) is 0 Å². The molecule has 0 aliphatic rings. The number of rotatable bonds is 5. The van der Waals surface area contributed by atoms with Crippen molar-refractivity contribution in [3.05, 3.63) is 24.8 Å². The molecule has 0 aromatic heterocycles. The predicted molar refractivity (Wildman–Crippen MR) is 45.5 cm³/mol. The lowest BCUT2D eigenvalue weighted by atomic mass is 10.3. The van der Waals surface area contributed by atoms with Gasteiger partial charge in [-0.05, 0) is 6.08 Å². The largest absolute Gasteiger partial charge is 0.461 e. The summed E-state index contributed by atoms with van der Waals surface area (Å²) >= 11 is 0. The fourth-order valence-electron chi connectivity index (χ4n) is 0.479. The summed E-state index contributed by atoms with van der Waals surface area (Å²) < 4.78 is 4.54. The molecule has 4 heteroatoms. The molecule has 0 rings (SSSR count). The minimum Gasteiger partial charge on any atom is -0.461 e. The number of carbonyl (C=O) groups excluding carboxylic acids is 2. The zero-order valence-corrected chi connectivity index (χ0v) is 7.08. The lowest BCUT2D eigenvalue weighted by Gasteiger charge is -1.99. The van der Waals surface area contributed by atoms with Crippen LogP contribution < -0.4 is 0 Å². The van der Waals surface area contributed by atoms with E-state index in [1.54, 1.807) is 6.07 Å². The number of nitrogens with zero attached hydrogens (tertiary/aromatic N) is 1. The van der Waals surface area contributed by atoms with E-state index in [1.165, 1.54) is 0 Å². The monoisotopic (exact) mass is 179 g/mol. The van der Waals surface area contributed by atoms with Crippen LogP contribution in [-0.4, -0.2) is 18.4 Å². The molecule has 0 atom stereocenters. The standard InChI is InChI=1S/C9H9NO3/c1-3-8(11)4-5-13-9(12)7(2)6-10/h3H,1-2,4-5H2. The Balaban J connectivity index is 3.73. The second kappa shape index (κ2) is 5.72. The van der Waals surface area contributed by atoms with Crippen LogP contribution in [0.2, 0.25) is 0 Å². The molecule has 0 saturated heterocycles. The van der Waals surface area contributed by atoms with E-state index in [4.69, 9.17) is 5.26 Å². The first kappa shape index (κ1) is 11.1. The Bertz CT molecular complexity index is 286. The highest BCUT2D eigenvalue weighted by atomic mass is 16.5. The van der Waals surface area contributed by atoms with Crippen molar-refractivity contribution in [3.8, 4) is 6.07 Å². The molecule has 0 spiro atoms. The van der Waals surface area contributed by atoms with E-state index >= 15 is 0 Å². The lowest BCUT2D eigenvalue weighted by Crippen LogP contribution is -2.09. The van der Waals surface area contributed by atoms with Gasteiger partial charge in [0.2, 0.25) is 0 Å². The Hall–Kier alpha value is -1.89. The van der Waals surface area contributed by atoms with Gasteiger partial charge >= 0.3 is 5.97 Å². The number of nitriles is 1. The minimum absolute atomic E-state index is 0.0512. The second-order valence-corrected chi connectivity index (χ2v) is 2.15. The normalized spacial score (nSPS) is 8.23. The van der Waals surface area contributed by atoms with Crippen LogP contribution in [0.5, 0.6) is 0 Å². The van der Waals surface area contributed by atoms with Gasteiger partial charge in [-0.15, -0.1) is 0 Å². The molecule has 68 valence electrons. The maximum atomic E-state index is 10.8. The van der Waals surface area contributed by atoms with Crippen LogP contribution >= 0.6 is 0 Å². The topological polar surface area (TPSA) is 67.2 Å². The van der Waals surface area contributed by atoms with E-state index in [-0.39, 0.29) is 24.4 Å². The zero-order chi connectivity index (χ0) is 10.3. The maximum absolute atomic E-state index is 10.8. The molecule has 0 heterocycles. The molecule has 0 radical (unpaired) electrons. The van der Waals surface area contributed by atoms with Crippen molar-refractivity contribution in [2.24, 2.45) is 0 Å². The quantitative estimate of drug-likeness (QED) is 0.355. The average molecular weight is 179 g/mol. The molecule has 0 aromatic carbocycles. The van der Waals surface area contributed by atoms with Gasteiger partial charge < -0.3 is 4.74 Å². The summed E-state index contributed by atoms with van der Waals surface area (Å²) in [4.78, 5) is 21.4. The summed E-state index contributed by atoms with van der Waals surface area (Å²) in [5.41, 5.74) is -0.272. The summed E-state index contributed by atoms with van der Waals surface area (Å²) in [5.74, 6) is -1.00. The van der Waals surface area contributed by atoms with E-state index in [0.717, 1.165) is 6.08 Å². The average Bonchev–Trinajstić information content (AvgIpc) is 2.15. The fraction of sp³-hybridized carbons (Fsp3) is 0.222. The summed E-state index contributed by atoms with van der Waals surface area (Å²) in [6.45, 7) is 6.35. The van der Waals surface area contributed by atoms with Crippen molar-refractivity contribution >= 4 is 11.8 Å². The van der Waals surface area contributed by atoms with Crippen LogP contribution in [0, 0.1) is 11.3 Å². The van der Waals surface area contributed by atoms with Crippen molar-refractivity contribution in [2.45, 2.75) is 6.42 Å². The van der Waals surface area contributed by atoms with Gasteiger partial charge in [0.15, 0.2) is 5.78 Å². The van der Waals surface area contributed by atoms with Crippen LogP contribution in [0.1, 0.15) is 6.42 Å². The van der Waals surface area contributed by atoms with Gasteiger partial charge in [-0.2, -0.15) is 5.26 Å². The van der Waals surface area contributed by atoms with E-state index in [0.29, 0.717) is 0 Å². The number of hydrogen-bond donors (Lipinski definition) is 0. The molecule has 0 fully saturated rings. The Morgan fingerprint density at radius 2 is 2.15 bits per heavy atom. The molecule has 0 unspecified atom stereocenters. The summed E-state index contributed by atoms with van der Waals surface area (Å²) in [6.07, 6.45) is 1.22. The highest BCUT2D eigenvalue weighted by Gasteiger charge is 2.07. The smallest absolute Gasteiger partial charge is 0.348 e. The minimum atomic E-state index is -0.792. The van der Waals surface area contributed by atoms with Gasteiger partial charge in [-0.25, -0.2) is 4.79 Å². The number of esters is 1. The molecule has 0 aliphatic heterocycles. The van der Waals surface area contributed by atoms with Crippen LogP contribution in [0.15, 0.2) is 24.8 Å². The third-order valence-electron chi connectivity index (χ3n) is 1.19. The molecular formula is C9H9NO3. The third kappa shape index (κ3) is 4.53. The van der Waals surface area contributed by atoms with Gasteiger partial charge in [0.25, 0.3) is 0 Å². The van der Waals surface area contributed by atoms with Gasteiger partial charge in [-0.1, -0.05) is 13.2 Å². The molecule has 0 aromatic rings. The third-order valence-corrected chi connectivity index (χ3v) is 1.19. The van der Waals surface area contributed by atoms with Gasteiger partial charge in [-0.3, -0.25) is 4.79 Å². The van der Waals surface area contributed by atoms with Crippen molar-refractivity contribution in [2.75, 3.05) is 6.61 Å². The highest BCUT2D eigenvalue weighted by Crippen LogP contribution is 1.94. The van der Waals surface area contributed by atoms with Gasteiger partial charge in [0.05, 0.1) is 6.61 Å². The Morgan fingerprint density at radius 3 is 2.62 bits per heavy atom. The van der Waals surface area contributed by atoms with Gasteiger partial charge in [0, 0.05) is 6.42 Å². The lowest BCUT2D eigenvalue weighted by molar-refractivity contribution is -0.139. The molecule has 0 bridgehead atoms. The second-order valence-electron chi connectivity index (χ2n) is 2.15. The molecule has 0 amide bonds. The van der Waals surface area contributed by atoms with Crippen LogP contribution in [0.4, 0.5) is 0 Å². The molecule has 4 nitrogen and oxygen atoms in total. The SMILES string of the molecule is C=CC(=O)CCOC(=O)C(=C)C#N. The Kier molecular flexibility index (Phi) is 4.89. The predicted octanol–water partition coefficient (Wildman–Crippen LogP) is 0.755. The Labute approximate surface area is 76.1 Å². The number of hydrogen-bond acceptors (Lipinski definition) is 4. The van der Waals surface area contributed by atoms with Crippen molar-refractivity contribution < 1.29 is 14.3 Å². The molecule has 0 N–H and O–H groups in total. The van der Waals surface area contributed by atoms with Crippen molar-refractivity contribution in [1.29, 1.82) is 5.26 Å². The summed E-state index contributed by atoms with van der Waals surface area (Å²) in [7, 11) is 0. The Morgan fingerprint density at radius 1 is 1.54 bits per heavy atom. The summed E-state index contributed by atoms with van der Waals surface area (Å²) in [6, 6.07) is 1.54. The fourth-order valence-corrected chi connectivity index (χ4v) is 0.479. The molecule has 13 heavy (non-hydrogen) atoms. The molecule has 0 saturated carbocycles. The van der Waals surface area contributed by atoms with E-state index in [9.17, 15) is 9.59 Å². The highest BCUT2D eigenvalue weighted by molar-refractivity contribution is 5.92. The molecular weight excluding hydrogens is 170 g/mol. The first-order valence-corrected chi connectivity index (χ1v) is 3.53. The maximum Gasteiger partial charge on any atom is 0.348 e. The van der Waals surface area contributed by atoms with E-state index < -0.39 is 5.97 Å². The van der Waals surface area contributed by atoms with Gasteiger partial charge in [0.1, 0.15) is 11.6 Å². The number of carbonyl (C=O) groups is 2. The van der Waals surface area contributed by atoms with E-state index in [2.05, 4.69) is 17.9 Å². The zero-order valence-electron chi connectivity index (χ0n) is 7.08. The van der Waals surface area contributed by atoms with Crippen LogP contribution in [0.25, 0.3) is 0 Å². The van der Waals surface area contributed by atoms with Crippen LogP contribution in [-0.2, 0) is 14.3 Å². The first-order valence-electron chi connectivity index (χ1n) is 3.53. The van der Waals surface area contributed by atoms with Crippen LogP contribution in [0.3, 0.4) is 0 Å². The molecule has 0 aliphatic carbocycles. The number of allylic oxidation sites excluding steroid dienone is 1.